The van der Waals surface area contributed by atoms with E-state index in [9.17, 15) is 4.79 Å². The van der Waals surface area contributed by atoms with Crippen LogP contribution in [-0.4, -0.2) is 11.2 Å². The highest BCUT2D eigenvalue weighted by molar-refractivity contribution is 6.21. The summed E-state index contributed by atoms with van der Waals surface area (Å²) in [6.45, 7) is 0. The minimum Gasteiger partial charge on any atom is -0.299 e. The van der Waals surface area contributed by atoms with Crippen molar-refractivity contribution in [2.75, 3.05) is 0 Å². The Hall–Kier alpha value is -0.300. The van der Waals surface area contributed by atoms with Crippen molar-refractivity contribution in [3.8, 4) is 0 Å². The van der Waals surface area contributed by atoms with Crippen LogP contribution in [0.3, 0.4) is 0 Å². The topological polar surface area (TPSA) is 17.1 Å². The van der Waals surface area contributed by atoms with Crippen LogP contribution in [0, 0.1) is 11.8 Å². The first-order valence-electron chi connectivity index (χ1n) is 4.62. The predicted molar refractivity (Wildman–Crippen MR) is 49.2 cm³/mol. The molecule has 66 valence electrons. The number of rotatable bonds is 0. The molecule has 2 aliphatic rings. The van der Waals surface area contributed by atoms with E-state index in [0.29, 0.717) is 11.7 Å². The largest absolute Gasteiger partial charge is 0.299 e. The molecular formula is C10H13ClO. The van der Waals surface area contributed by atoms with Gasteiger partial charge in [-0.25, -0.2) is 0 Å². The van der Waals surface area contributed by atoms with Crippen molar-refractivity contribution in [1.29, 1.82) is 0 Å². The minimum atomic E-state index is 0.195. The van der Waals surface area contributed by atoms with Crippen molar-refractivity contribution in [2.24, 2.45) is 11.8 Å². The molecule has 0 aliphatic heterocycles. The quantitative estimate of drug-likeness (QED) is 0.418. The Balaban J connectivity index is 2.19. The first-order chi connectivity index (χ1) is 5.79. The van der Waals surface area contributed by atoms with Crippen molar-refractivity contribution >= 4 is 17.4 Å². The second kappa shape index (κ2) is 3.21. The van der Waals surface area contributed by atoms with Gasteiger partial charge >= 0.3 is 0 Å². The molecule has 2 aliphatic carbocycles. The average molecular weight is 185 g/mol. The van der Waals surface area contributed by atoms with Crippen LogP contribution in [0.25, 0.3) is 0 Å². The van der Waals surface area contributed by atoms with Gasteiger partial charge in [0.1, 0.15) is 5.78 Å². The molecule has 0 aromatic heterocycles. The van der Waals surface area contributed by atoms with E-state index >= 15 is 0 Å². The summed E-state index contributed by atoms with van der Waals surface area (Å²) in [5.41, 5.74) is 0. The summed E-state index contributed by atoms with van der Waals surface area (Å²) >= 11 is 6.18. The molecule has 2 heteroatoms. The van der Waals surface area contributed by atoms with Crippen LogP contribution in [0.5, 0.6) is 0 Å². The maximum atomic E-state index is 11.5. The van der Waals surface area contributed by atoms with E-state index in [1.54, 1.807) is 0 Å². The van der Waals surface area contributed by atoms with Crippen molar-refractivity contribution < 1.29 is 4.79 Å². The van der Waals surface area contributed by atoms with Gasteiger partial charge in [0.25, 0.3) is 0 Å². The van der Waals surface area contributed by atoms with Crippen LogP contribution in [0.1, 0.15) is 25.7 Å². The zero-order chi connectivity index (χ0) is 8.55. The molecular weight excluding hydrogens is 172 g/mol. The Labute approximate surface area is 77.8 Å². The maximum absolute atomic E-state index is 11.5. The molecule has 0 bridgehead atoms. The van der Waals surface area contributed by atoms with Gasteiger partial charge < -0.3 is 0 Å². The van der Waals surface area contributed by atoms with Gasteiger partial charge in [-0.2, -0.15) is 0 Å². The molecule has 0 amide bonds. The van der Waals surface area contributed by atoms with Crippen LogP contribution in [0.2, 0.25) is 0 Å². The molecule has 0 saturated heterocycles. The van der Waals surface area contributed by atoms with E-state index in [1.165, 1.54) is 0 Å². The number of halogens is 1. The Bertz CT molecular complexity index is 222. The Kier molecular flexibility index (Phi) is 2.22. The second-order valence-electron chi connectivity index (χ2n) is 3.72. The molecule has 12 heavy (non-hydrogen) atoms. The van der Waals surface area contributed by atoms with Crippen molar-refractivity contribution in [2.45, 2.75) is 31.1 Å². The fraction of sp³-hybridized carbons (Fsp3) is 0.700. The lowest BCUT2D eigenvalue weighted by Crippen LogP contribution is -2.22. The van der Waals surface area contributed by atoms with E-state index in [2.05, 4.69) is 12.2 Å². The third kappa shape index (κ3) is 1.31. The highest BCUT2D eigenvalue weighted by Crippen LogP contribution is 2.37. The van der Waals surface area contributed by atoms with E-state index < -0.39 is 0 Å². The van der Waals surface area contributed by atoms with Gasteiger partial charge in [0.2, 0.25) is 0 Å². The first kappa shape index (κ1) is 8.31. The van der Waals surface area contributed by atoms with E-state index in [-0.39, 0.29) is 11.3 Å². The molecule has 0 aromatic carbocycles. The lowest BCUT2D eigenvalue weighted by molar-refractivity contribution is -0.123. The summed E-state index contributed by atoms with van der Waals surface area (Å²) in [6.07, 6.45) is 7.88. The molecule has 1 unspecified atom stereocenters. The molecule has 1 fully saturated rings. The molecule has 1 nitrogen and oxygen atoms in total. The zero-order valence-corrected chi connectivity index (χ0v) is 7.76. The van der Waals surface area contributed by atoms with Gasteiger partial charge in [0.05, 0.1) is 0 Å². The van der Waals surface area contributed by atoms with Crippen LogP contribution in [0.15, 0.2) is 12.2 Å². The number of fused-ring (bicyclic) bond motifs is 1. The van der Waals surface area contributed by atoms with E-state index in [4.69, 9.17) is 11.6 Å². The van der Waals surface area contributed by atoms with Gasteiger partial charge in [-0.1, -0.05) is 12.2 Å². The summed E-state index contributed by atoms with van der Waals surface area (Å²) in [7, 11) is 0. The maximum Gasteiger partial charge on any atom is 0.136 e. The summed E-state index contributed by atoms with van der Waals surface area (Å²) < 4.78 is 0. The summed E-state index contributed by atoms with van der Waals surface area (Å²) in [5, 5.41) is 0.195. The number of carbonyl (C=O) groups excluding carboxylic acids is 1. The number of carbonyl (C=O) groups is 1. The van der Waals surface area contributed by atoms with Gasteiger partial charge in [0.15, 0.2) is 0 Å². The molecule has 0 heterocycles. The highest BCUT2D eigenvalue weighted by Gasteiger charge is 2.35. The van der Waals surface area contributed by atoms with Crippen molar-refractivity contribution in [3.05, 3.63) is 12.2 Å². The number of allylic oxidation sites excluding steroid dienone is 2. The standard InChI is InChI=1S/C10H13ClO/c11-9-5-2-6-10(12)8-4-1-3-7(8)9/h1,3,7-9H,2,4-6H2/t7-,8+,9?/m0/s1. The number of alkyl halides is 1. The zero-order valence-electron chi connectivity index (χ0n) is 7.00. The summed E-state index contributed by atoms with van der Waals surface area (Å²) in [4.78, 5) is 11.5. The molecule has 0 aromatic rings. The number of hydrogen-bond acceptors (Lipinski definition) is 1. The normalized spacial score (nSPS) is 41.1. The van der Waals surface area contributed by atoms with Crippen LogP contribution < -0.4 is 0 Å². The first-order valence-corrected chi connectivity index (χ1v) is 5.06. The smallest absolute Gasteiger partial charge is 0.136 e. The van der Waals surface area contributed by atoms with Crippen molar-refractivity contribution in [1.82, 2.24) is 0 Å². The molecule has 2 rings (SSSR count). The van der Waals surface area contributed by atoms with E-state index in [1.807, 2.05) is 0 Å². The van der Waals surface area contributed by atoms with Crippen LogP contribution in [0.4, 0.5) is 0 Å². The molecule has 0 radical (unpaired) electrons. The average Bonchev–Trinajstić information content (AvgIpc) is 2.47. The lowest BCUT2D eigenvalue weighted by atomic mass is 9.90. The third-order valence-electron chi connectivity index (χ3n) is 2.95. The van der Waals surface area contributed by atoms with Crippen LogP contribution in [-0.2, 0) is 4.79 Å². The SMILES string of the molecule is O=C1CCCC(Cl)[C@H]2C=CC[C@@H]12. The fourth-order valence-electron chi connectivity index (χ4n) is 2.24. The summed E-state index contributed by atoms with van der Waals surface area (Å²) in [5.74, 6) is 0.977. The summed E-state index contributed by atoms with van der Waals surface area (Å²) in [6, 6.07) is 0. The molecule has 1 saturated carbocycles. The third-order valence-corrected chi connectivity index (χ3v) is 3.46. The Morgan fingerprint density at radius 3 is 3.17 bits per heavy atom. The van der Waals surface area contributed by atoms with Gasteiger partial charge in [-0.3, -0.25) is 4.79 Å². The lowest BCUT2D eigenvalue weighted by Gasteiger charge is -2.18. The number of ketones is 1. The monoisotopic (exact) mass is 184 g/mol. The predicted octanol–water partition coefficient (Wildman–Crippen LogP) is 2.54. The Morgan fingerprint density at radius 1 is 1.50 bits per heavy atom. The fourth-order valence-corrected chi connectivity index (χ4v) is 2.66. The molecule has 0 spiro atoms. The van der Waals surface area contributed by atoms with E-state index in [0.717, 1.165) is 25.7 Å². The minimum absolute atomic E-state index is 0.195. The highest BCUT2D eigenvalue weighted by atomic mass is 35.5. The second-order valence-corrected chi connectivity index (χ2v) is 4.28. The Morgan fingerprint density at radius 2 is 2.33 bits per heavy atom. The number of hydrogen-bond donors (Lipinski definition) is 0. The van der Waals surface area contributed by atoms with Crippen LogP contribution >= 0.6 is 11.6 Å². The van der Waals surface area contributed by atoms with Gasteiger partial charge in [0, 0.05) is 23.6 Å². The molecule has 0 N–H and O–H groups in total. The van der Waals surface area contributed by atoms with Gasteiger partial charge in [-0.15, -0.1) is 11.6 Å². The molecule has 3 atom stereocenters. The number of Topliss-reactive ketones (excluding diaryl/α,β-unsaturated/α-hetero) is 1. The van der Waals surface area contributed by atoms with Gasteiger partial charge in [-0.05, 0) is 19.3 Å². The van der Waals surface area contributed by atoms with Crippen molar-refractivity contribution in [3.63, 3.8) is 0 Å².